The fourth-order valence-electron chi connectivity index (χ4n) is 2.86. The molecule has 0 saturated heterocycles. The number of aryl methyl sites for hydroxylation is 2. The maximum absolute atomic E-state index is 6.16. The van der Waals surface area contributed by atoms with Crippen LogP contribution in [0.5, 0.6) is 0 Å². The first-order chi connectivity index (χ1) is 8.93. The van der Waals surface area contributed by atoms with Crippen LogP contribution in [-0.4, -0.2) is 15.8 Å². The predicted octanol–water partition coefficient (Wildman–Crippen LogP) is 3.56. The molecular weight excluding hydrogens is 236 g/mol. The normalized spacial score (nSPS) is 19.6. The number of nitrogens with one attached hydrogen (secondary N) is 1. The topological polar surface area (TPSA) is 55.9 Å². The highest BCUT2D eigenvalue weighted by Crippen LogP contribution is 2.36. The van der Waals surface area contributed by atoms with E-state index < -0.39 is 0 Å². The zero-order valence-electron chi connectivity index (χ0n) is 12.8. The maximum atomic E-state index is 6.16. The Bertz CT molecular complexity index is 424. The Morgan fingerprint density at radius 2 is 2.00 bits per heavy atom. The SMILES string of the molecule is CCCn1nc(C)c(N)c1NC1CCC(C)(C)CC1. The van der Waals surface area contributed by atoms with E-state index in [9.17, 15) is 0 Å². The summed E-state index contributed by atoms with van der Waals surface area (Å²) in [5, 5.41) is 8.16. The highest BCUT2D eigenvalue weighted by molar-refractivity contribution is 5.65. The van der Waals surface area contributed by atoms with E-state index in [1.54, 1.807) is 0 Å². The molecule has 19 heavy (non-hydrogen) atoms. The summed E-state index contributed by atoms with van der Waals surface area (Å²) in [5.74, 6) is 1.03. The van der Waals surface area contributed by atoms with Gasteiger partial charge in [0.05, 0.1) is 11.4 Å². The van der Waals surface area contributed by atoms with Crippen molar-refractivity contribution in [3.05, 3.63) is 5.69 Å². The second kappa shape index (κ2) is 5.43. The largest absolute Gasteiger partial charge is 0.394 e. The Kier molecular flexibility index (Phi) is 4.07. The van der Waals surface area contributed by atoms with Crippen molar-refractivity contribution < 1.29 is 0 Å². The second-order valence-corrected chi connectivity index (χ2v) is 6.65. The Morgan fingerprint density at radius 3 is 2.58 bits per heavy atom. The average Bonchev–Trinajstić information content (AvgIpc) is 2.60. The van der Waals surface area contributed by atoms with Crippen molar-refractivity contribution in [3.8, 4) is 0 Å². The van der Waals surface area contributed by atoms with Crippen molar-refractivity contribution in [2.75, 3.05) is 11.1 Å². The standard InChI is InChI=1S/C15H28N4/c1-5-10-19-14(13(16)11(2)18-19)17-12-6-8-15(3,4)9-7-12/h12,17H,5-10,16H2,1-4H3. The Balaban J connectivity index is 2.07. The molecule has 0 amide bonds. The Hall–Kier alpha value is -1.19. The molecule has 0 spiro atoms. The lowest BCUT2D eigenvalue weighted by molar-refractivity contribution is 0.232. The third kappa shape index (κ3) is 3.23. The van der Waals surface area contributed by atoms with Gasteiger partial charge in [-0.05, 0) is 44.4 Å². The van der Waals surface area contributed by atoms with E-state index in [1.165, 1.54) is 25.7 Å². The summed E-state index contributed by atoms with van der Waals surface area (Å²) in [4.78, 5) is 0. The summed E-state index contributed by atoms with van der Waals surface area (Å²) in [6.45, 7) is 9.81. The van der Waals surface area contributed by atoms with Crippen LogP contribution < -0.4 is 11.1 Å². The lowest BCUT2D eigenvalue weighted by atomic mass is 9.75. The van der Waals surface area contributed by atoms with Gasteiger partial charge in [0.15, 0.2) is 0 Å². The zero-order chi connectivity index (χ0) is 14.0. The van der Waals surface area contributed by atoms with E-state index >= 15 is 0 Å². The smallest absolute Gasteiger partial charge is 0.148 e. The van der Waals surface area contributed by atoms with Crippen molar-refractivity contribution in [2.45, 2.75) is 72.4 Å². The molecule has 0 atom stereocenters. The zero-order valence-corrected chi connectivity index (χ0v) is 12.8. The molecule has 1 saturated carbocycles. The van der Waals surface area contributed by atoms with Crippen molar-refractivity contribution in [3.63, 3.8) is 0 Å². The molecule has 0 unspecified atom stereocenters. The molecule has 1 heterocycles. The van der Waals surface area contributed by atoms with E-state index in [0.717, 1.165) is 30.2 Å². The third-order valence-corrected chi connectivity index (χ3v) is 4.29. The maximum Gasteiger partial charge on any atom is 0.148 e. The van der Waals surface area contributed by atoms with Crippen LogP contribution in [0, 0.1) is 12.3 Å². The van der Waals surface area contributed by atoms with Gasteiger partial charge in [0, 0.05) is 12.6 Å². The number of nitrogens with two attached hydrogens (primary N) is 1. The summed E-state index contributed by atoms with van der Waals surface area (Å²) in [6, 6.07) is 0.544. The van der Waals surface area contributed by atoms with Crippen molar-refractivity contribution in [2.24, 2.45) is 5.41 Å². The molecule has 3 N–H and O–H groups in total. The first-order valence-corrected chi connectivity index (χ1v) is 7.52. The minimum absolute atomic E-state index is 0.503. The molecule has 108 valence electrons. The van der Waals surface area contributed by atoms with Gasteiger partial charge in [-0.3, -0.25) is 0 Å². The van der Waals surface area contributed by atoms with Crippen LogP contribution in [0.15, 0.2) is 0 Å². The van der Waals surface area contributed by atoms with E-state index in [2.05, 4.69) is 31.2 Å². The minimum Gasteiger partial charge on any atom is -0.394 e. The van der Waals surface area contributed by atoms with Crippen molar-refractivity contribution >= 4 is 11.5 Å². The lowest BCUT2D eigenvalue weighted by Crippen LogP contribution is -2.31. The highest BCUT2D eigenvalue weighted by Gasteiger charge is 2.27. The predicted molar refractivity (Wildman–Crippen MR) is 81.3 cm³/mol. The van der Waals surface area contributed by atoms with Gasteiger partial charge in [0.1, 0.15) is 5.82 Å². The van der Waals surface area contributed by atoms with E-state index in [1.807, 2.05) is 11.6 Å². The van der Waals surface area contributed by atoms with Crippen molar-refractivity contribution in [1.82, 2.24) is 9.78 Å². The number of nitrogens with zero attached hydrogens (tertiary/aromatic N) is 2. The molecule has 1 aliphatic rings. The third-order valence-electron chi connectivity index (χ3n) is 4.29. The fourth-order valence-corrected chi connectivity index (χ4v) is 2.86. The fraction of sp³-hybridized carbons (Fsp3) is 0.800. The molecule has 1 aromatic rings. The Morgan fingerprint density at radius 1 is 1.37 bits per heavy atom. The summed E-state index contributed by atoms with van der Waals surface area (Å²) in [7, 11) is 0. The lowest BCUT2D eigenvalue weighted by Gasteiger charge is -2.35. The molecule has 1 fully saturated rings. The van der Waals surface area contributed by atoms with Gasteiger partial charge in [0.25, 0.3) is 0 Å². The summed E-state index contributed by atoms with van der Waals surface area (Å²) >= 11 is 0. The minimum atomic E-state index is 0.503. The van der Waals surface area contributed by atoms with E-state index in [4.69, 9.17) is 5.73 Å². The van der Waals surface area contributed by atoms with Gasteiger partial charge in [-0.25, -0.2) is 4.68 Å². The molecule has 0 bridgehead atoms. The average molecular weight is 264 g/mol. The number of anilines is 2. The molecule has 2 rings (SSSR count). The van der Waals surface area contributed by atoms with Crippen LogP contribution in [0.4, 0.5) is 11.5 Å². The highest BCUT2D eigenvalue weighted by atomic mass is 15.3. The number of hydrogen-bond donors (Lipinski definition) is 2. The van der Waals surface area contributed by atoms with Crippen LogP contribution in [-0.2, 0) is 6.54 Å². The number of rotatable bonds is 4. The molecule has 1 aliphatic carbocycles. The van der Waals surface area contributed by atoms with Crippen LogP contribution in [0.1, 0.15) is 58.6 Å². The summed E-state index contributed by atoms with van der Waals surface area (Å²) in [5.41, 5.74) is 8.42. The van der Waals surface area contributed by atoms with Crippen molar-refractivity contribution in [1.29, 1.82) is 0 Å². The van der Waals surface area contributed by atoms with Crippen LogP contribution in [0.25, 0.3) is 0 Å². The van der Waals surface area contributed by atoms with Gasteiger partial charge in [-0.2, -0.15) is 5.10 Å². The molecule has 0 aliphatic heterocycles. The van der Waals surface area contributed by atoms with Gasteiger partial charge in [-0.15, -0.1) is 0 Å². The van der Waals surface area contributed by atoms with Crippen LogP contribution in [0.3, 0.4) is 0 Å². The molecule has 4 heteroatoms. The van der Waals surface area contributed by atoms with E-state index in [0.29, 0.717) is 11.5 Å². The first-order valence-electron chi connectivity index (χ1n) is 7.52. The Labute approximate surface area is 116 Å². The number of nitrogen functional groups attached to an aromatic ring is 1. The summed E-state index contributed by atoms with van der Waals surface area (Å²) < 4.78 is 2.03. The number of aromatic nitrogens is 2. The van der Waals surface area contributed by atoms with Crippen LogP contribution >= 0.6 is 0 Å². The number of hydrogen-bond acceptors (Lipinski definition) is 3. The molecule has 0 aromatic carbocycles. The van der Waals surface area contributed by atoms with Gasteiger partial charge in [-0.1, -0.05) is 20.8 Å². The quantitative estimate of drug-likeness (QED) is 0.874. The van der Waals surface area contributed by atoms with E-state index in [-0.39, 0.29) is 0 Å². The summed E-state index contributed by atoms with van der Waals surface area (Å²) in [6.07, 6.45) is 6.09. The molecule has 4 nitrogen and oxygen atoms in total. The van der Waals surface area contributed by atoms with Gasteiger partial charge in [0.2, 0.25) is 0 Å². The monoisotopic (exact) mass is 264 g/mol. The second-order valence-electron chi connectivity index (χ2n) is 6.65. The van der Waals surface area contributed by atoms with Crippen LogP contribution in [0.2, 0.25) is 0 Å². The first kappa shape index (κ1) is 14.2. The van der Waals surface area contributed by atoms with Gasteiger partial charge < -0.3 is 11.1 Å². The molecular formula is C15H28N4. The molecule has 1 aromatic heterocycles. The van der Waals surface area contributed by atoms with Gasteiger partial charge >= 0.3 is 0 Å². The molecule has 0 radical (unpaired) electrons.